The lowest BCUT2D eigenvalue weighted by Crippen LogP contribution is -2.37. The first-order chi connectivity index (χ1) is 13.4. The Kier molecular flexibility index (Phi) is 4.98. The Morgan fingerprint density at radius 2 is 2.04 bits per heavy atom. The number of carbonyl (C=O) groups is 1. The summed E-state index contributed by atoms with van der Waals surface area (Å²) in [6.45, 7) is 2.05. The molecule has 1 atom stereocenters. The normalized spacial score (nSPS) is 20.5. The van der Waals surface area contributed by atoms with Gasteiger partial charge in [-0.05, 0) is 56.3 Å². The van der Waals surface area contributed by atoms with Crippen molar-refractivity contribution in [1.29, 1.82) is 0 Å². The van der Waals surface area contributed by atoms with Crippen LogP contribution in [0.1, 0.15) is 28.0 Å². The van der Waals surface area contributed by atoms with Crippen LogP contribution in [0.25, 0.3) is 0 Å². The van der Waals surface area contributed by atoms with Crippen LogP contribution in [0.15, 0.2) is 35.4 Å². The number of carbonyl (C=O) groups excluding carboxylic acids is 1. The summed E-state index contributed by atoms with van der Waals surface area (Å²) in [5, 5.41) is 6.53. The van der Waals surface area contributed by atoms with Gasteiger partial charge in [0.25, 0.3) is 5.91 Å². The fourth-order valence-electron chi connectivity index (χ4n) is 3.91. The summed E-state index contributed by atoms with van der Waals surface area (Å²) in [6.07, 6.45) is 3.10. The fourth-order valence-corrected chi connectivity index (χ4v) is 5.46. The molecular formula is C19H25N5O3S. The van der Waals surface area contributed by atoms with Crippen LogP contribution in [0.2, 0.25) is 0 Å². The van der Waals surface area contributed by atoms with E-state index in [2.05, 4.69) is 15.1 Å². The number of hydrogen-bond acceptors (Lipinski definition) is 5. The number of nitrogens with zero attached hydrogens (tertiary/aromatic N) is 4. The van der Waals surface area contributed by atoms with Gasteiger partial charge in [-0.25, -0.2) is 8.42 Å². The van der Waals surface area contributed by atoms with Crippen LogP contribution >= 0.6 is 0 Å². The van der Waals surface area contributed by atoms with Crippen molar-refractivity contribution in [2.75, 3.05) is 33.7 Å². The van der Waals surface area contributed by atoms with Gasteiger partial charge in [-0.15, -0.1) is 0 Å². The second-order valence-corrected chi connectivity index (χ2v) is 9.58. The molecule has 1 amide bonds. The van der Waals surface area contributed by atoms with E-state index in [1.807, 2.05) is 20.2 Å². The fraction of sp³-hybridized carbons (Fsp3) is 0.474. The maximum Gasteiger partial charge on any atom is 0.272 e. The number of hydrogen-bond donors (Lipinski definition) is 1. The molecule has 2 aliphatic rings. The maximum atomic E-state index is 13.1. The quantitative estimate of drug-likeness (QED) is 0.820. The first kappa shape index (κ1) is 19.1. The predicted molar refractivity (Wildman–Crippen MR) is 104 cm³/mol. The van der Waals surface area contributed by atoms with Crippen molar-refractivity contribution in [3.8, 4) is 0 Å². The molecule has 0 aliphatic carbocycles. The van der Waals surface area contributed by atoms with Crippen LogP contribution in [-0.4, -0.2) is 78.4 Å². The Morgan fingerprint density at radius 3 is 2.71 bits per heavy atom. The number of benzene rings is 1. The third-order valence-corrected chi connectivity index (χ3v) is 7.56. The van der Waals surface area contributed by atoms with E-state index in [9.17, 15) is 13.2 Å². The molecule has 1 aromatic heterocycles. The molecule has 0 unspecified atom stereocenters. The first-order valence-corrected chi connectivity index (χ1v) is 10.9. The number of nitrogens with one attached hydrogen (secondary N) is 1. The van der Waals surface area contributed by atoms with E-state index in [4.69, 9.17) is 0 Å². The van der Waals surface area contributed by atoms with E-state index < -0.39 is 10.0 Å². The Bertz CT molecular complexity index is 971. The van der Waals surface area contributed by atoms with Crippen LogP contribution < -0.4 is 0 Å². The molecule has 150 valence electrons. The van der Waals surface area contributed by atoms with Crippen LogP contribution in [0, 0.1) is 0 Å². The number of fused-ring (bicyclic) bond motifs is 1. The third-order valence-electron chi connectivity index (χ3n) is 5.70. The molecule has 1 aromatic carbocycles. The van der Waals surface area contributed by atoms with Crippen molar-refractivity contribution in [2.45, 2.75) is 30.3 Å². The van der Waals surface area contributed by atoms with Gasteiger partial charge in [0.2, 0.25) is 10.0 Å². The molecule has 0 radical (unpaired) electrons. The highest BCUT2D eigenvalue weighted by Crippen LogP contribution is 2.27. The Hall–Kier alpha value is -2.23. The van der Waals surface area contributed by atoms with Crippen LogP contribution in [0.4, 0.5) is 0 Å². The van der Waals surface area contributed by atoms with Crippen LogP contribution in [0.5, 0.6) is 0 Å². The minimum atomic E-state index is -3.53. The molecule has 2 aliphatic heterocycles. The van der Waals surface area contributed by atoms with Crippen molar-refractivity contribution in [1.82, 2.24) is 24.3 Å². The molecule has 9 heteroatoms. The minimum absolute atomic E-state index is 0.121. The van der Waals surface area contributed by atoms with Gasteiger partial charge in [0, 0.05) is 38.4 Å². The molecule has 3 heterocycles. The van der Waals surface area contributed by atoms with Gasteiger partial charge in [-0.1, -0.05) is 6.07 Å². The SMILES string of the molecule is CN(C)[C@H]1CCN(S(=O)(=O)c2ccc3c(c2)CN(C(=O)c2ccn[nH]2)CC3)C1. The number of H-pyrrole nitrogens is 1. The van der Waals surface area contributed by atoms with Gasteiger partial charge in [-0.3, -0.25) is 9.89 Å². The van der Waals surface area contributed by atoms with Gasteiger partial charge < -0.3 is 9.80 Å². The summed E-state index contributed by atoms with van der Waals surface area (Å²) in [7, 11) is 0.422. The van der Waals surface area contributed by atoms with Crippen LogP contribution in [0.3, 0.4) is 0 Å². The van der Waals surface area contributed by atoms with Crippen LogP contribution in [-0.2, 0) is 23.0 Å². The molecule has 4 rings (SSSR count). The van der Waals surface area contributed by atoms with Crippen molar-refractivity contribution in [2.24, 2.45) is 0 Å². The lowest BCUT2D eigenvalue weighted by Gasteiger charge is -2.29. The van der Waals surface area contributed by atoms with E-state index in [0.29, 0.717) is 43.2 Å². The number of likely N-dealkylation sites (N-methyl/N-ethyl adjacent to an activating group) is 1. The molecule has 8 nitrogen and oxygen atoms in total. The highest BCUT2D eigenvalue weighted by atomic mass is 32.2. The Labute approximate surface area is 165 Å². The maximum absolute atomic E-state index is 13.1. The average molecular weight is 404 g/mol. The Balaban J connectivity index is 1.56. The first-order valence-electron chi connectivity index (χ1n) is 9.43. The highest BCUT2D eigenvalue weighted by molar-refractivity contribution is 7.89. The number of sulfonamides is 1. The summed E-state index contributed by atoms with van der Waals surface area (Å²) in [5.41, 5.74) is 2.43. The molecule has 28 heavy (non-hydrogen) atoms. The lowest BCUT2D eigenvalue weighted by atomic mass is 9.99. The number of amides is 1. The summed E-state index contributed by atoms with van der Waals surface area (Å²) in [5.74, 6) is -0.121. The molecule has 1 N–H and O–H groups in total. The minimum Gasteiger partial charge on any atom is -0.333 e. The van der Waals surface area contributed by atoms with E-state index in [1.165, 1.54) is 0 Å². The zero-order valence-corrected chi connectivity index (χ0v) is 16.9. The lowest BCUT2D eigenvalue weighted by molar-refractivity contribution is 0.0728. The molecule has 0 saturated carbocycles. The van der Waals surface area contributed by atoms with Crippen molar-refractivity contribution < 1.29 is 13.2 Å². The smallest absolute Gasteiger partial charge is 0.272 e. The average Bonchev–Trinajstić information content (AvgIpc) is 3.38. The Morgan fingerprint density at radius 1 is 1.21 bits per heavy atom. The van der Waals surface area contributed by atoms with E-state index >= 15 is 0 Å². The van der Waals surface area contributed by atoms with Gasteiger partial charge in [-0.2, -0.15) is 9.40 Å². The summed E-state index contributed by atoms with van der Waals surface area (Å²) in [4.78, 5) is 16.7. The summed E-state index contributed by atoms with van der Waals surface area (Å²) < 4.78 is 27.8. The summed E-state index contributed by atoms with van der Waals surface area (Å²) >= 11 is 0. The monoisotopic (exact) mass is 403 g/mol. The van der Waals surface area contributed by atoms with Gasteiger partial charge in [0.05, 0.1) is 4.90 Å². The molecular weight excluding hydrogens is 378 g/mol. The molecule has 2 aromatic rings. The third kappa shape index (κ3) is 3.45. The number of aromatic nitrogens is 2. The second-order valence-electron chi connectivity index (χ2n) is 7.65. The molecule has 1 saturated heterocycles. The number of rotatable bonds is 4. The predicted octanol–water partition coefficient (Wildman–Crippen LogP) is 0.933. The molecule has 1 fully saturated rings. The van der Waals surface area contributed by atoms with Gasteiger partial charge in [0.15, 0.2) is 0 Å². The van der Waals surface area contributed by atoms with E-state index in [1.54, 1.807) is 33.6 Å². The van der Waals surface area contributed by atoms with Crippen molar-refractivity contribution in [3.05, 3.63) is 47.3 Å². The highest BCUT2D eigenvalue weighted by Gasteiger charge is 2.34. The van der Waals surface area contributed by atoms with Crippen molar-refractivity contribution >= 4 is 15.9 Å². The van der Waals surface area contributed by atoms with E-state index in [0.717, 1.165) is 17.5 Å². The molecule has 0 spiro atoms. The summed E-state index contributed by atoms with van der Waals surface area (Å²) in [6, 6.07) is 7.21. The van der Waals surface area contributed by atoms with Crippen molar-refractivity contribution in [3.63, 3.8) is 0 Å². The largest absolute Gasteiger partial charge is 0.333 e. The topological polar surface area (TPSA) is 89.6 Å². The van der Waals surface area contributed by atoms with Gasteiger partial charge >= 0.3 is 0 Å². The second kappa shape index (κ2) is 7.31. The zero-order valence-electron chi connectivity index (χ0n) is 16.1. The zero-order chi connectivity index (χ0) is 19.9. The number of aromatic amines is 1. The van der Waals surface area contributed by atoms with Gasteiger partial charge in [0.1, 0.15) is 5.69 Å². The van der Waals surface area contributed by atoms with E-state index in [-0.39, 0.29) is 11.9 Å². The molecule has 0 bridgehead atoms. The standard InChI is InChI=1S/C19H25N5O3S/c1-22(2)16-7-10-24(13-16)28(26,27)17-4-3-14-6-9-23(12-15(14)11-17)19(25)18-5-8-20-21-18/h3-5,8,11,16H,6-7,9-10,12-13H2,1-2H3,(H,20,21)/t16-/m0/s1.